The van der Waals surface area contributed by atoms with Crippen molar-refractivity contribution in [2.75, 3.05) is 24.0 Å². The highest BCUT2D eigenvalue weighted by Crippen LogP contribution is 2.28. The lowest BCUT2D eigenvalue weighted by Crippen LogP contribution is -2.53. The Labute approximate surface area is 291 Å². The van der Waals surface area contributed by atoms with E-state index in [1.165, 1.54) is 41.3 Å². The zero-order chi connectivity index (χ0) is 34.8. The van der Waals surface area contributed by atoms with Gasteiger partial charge in [0, 0.05) is 19.5 Å². The average Bonchev–Trinajstić information content (AvgIpc) is 3.07. The number of nitrogens with one attached hydrogen (secondary N) is 1. The minimum atomic E-state index is -4.37. The molecule has 0 radical (unpaired) electrons. The first-order chi connectivity index (χ1) is 22.9. The number of sulfonamides is 1. The van der Waals surface area contributed by atoms with Gasteiger partial charge in [-0.3, -0.25) is 13.9 Å². The molecule has 254 valence electrons. The Bertz CT molecular complexity index is 1790. The smallest absolute Gasteiger partial charge is 0.264 e. The van der Waals surface area contributed by atoms with Gasteiger partial charge in [-0.2, -0.15) is 0 Å². The molecule has 2 amide bonds. The van der Waals surface area contributed by atoms with Crippen molar-refractivity contribution in [2.45, 2.75) is 44.7 Å². The van der Waals surface area contributed by atoms with Gasteiger partial charge in [0.2, 0.25) is 11.8 Å². The number of anilines is 1. The van der Waals surface area contributed by atoms with E-state index in [1.807, 2.05) is 51.1 Å². The molecule has 0 unspecified atom stereocenters. The zero-order valence-corrected chi connectivity index (χ0v) is 29.2. The summed E-state index contributed by atoms with van der Waals surface area (Å²) in [7, 11) is -4.37. The lowest BCUT2D eigenvalue weighted by molar-refractivity contribution is -0.140. The second kappa shape index (κ2) is 16.8. The van der Waals surface area contributed by atoms with Crippen LogP contribution in [0.4, 0.5) is 10.1 Å². The maximum atomic E-state index is 14.5. The lowest BCUT2D eigenvalue weighted by Gasteiger charge is -2.34. The van der Waals surface area contributed by atoms with Crippen molar-refractivity contribution in [2.24, 2.45) is 5.92 Å². The summed E-state index contributed by atoms with van der Waals surface area (Å²) >= 11 is 12.5. The number of amides is 2. The molecule has 0 heterocycles. The van der Waals surface area contributed by atoms with Crippen LogP contribution in [0, 0.1) is 11.7 Å². The van der Waals surface area contributed by atoms with E-state index in [1.54, 1.807) is 18.2 Å². The summed E-state index contributed by atoms with van der Waals surface area (Å²) in [4.78, 5) is 29.6. The highest BCUT2D eigenvalue weighted by Gasteiger charge is 2.35. The van der Waals surface area contributed by atoms with Crippen LogP contribution in [0.2, 0.25) is 10.0 Å². The first-order valence-electron chi connectivity index (χ1n) is 15.4. The fourth-order valence-electron chi connectivity index (χ4n) is 4.95. The van der Waals surface area contributed by atoms with Crippen LogP contribution in [0.5, 0.6) is 5.75 Å². The van der Waals surface area contributed by atoms with E-state index in [-0.39, 0.29) is 34.5 Å². The Balaban J connectivity index is 1.80. The van der Waals surface area contributed by atoms with Gasteiger partial charge in [-0.05, 0) is 84.6 Å². The number of nitrogens with zero attached hydrogens (tertiary/aromatic N) is 2. The Morgan fingerprint density at radius 1 is 0.875 bits per heavy atom. The van der Waals surface area contributed by atoms with E-state index in [9.17, 15) is 22.4 Å². The first-order valence-corrected chi connectivity index (χ1v) is 17.6. The molecule has 1 N–H and O–H groups in total. The summed E-state index contributed by atoms with van der Waals surface area (Å²) in [6.45, 7) is 5.71. The monoisotopic (exact) mass is 713 g/mol. The molecular weight excluding hydrogens is 676 g/mol. The Hall–Kier alpha value is -4.12. The molecule has 0 saturated carbocycles. The van der Waals surface area contributed by atoms with Gasteiger partial charge in [-0.25, -0.2) is 12.8 Å². The fourth-order valence-corrected chi connectivity index (χ4v) is 6.68. The van der Waals surface area contributed by atoms with Gasteiger partial charge in [0.05, 0.1) is 27.2 Å². The van der Waals surface area contributed by atoms with Gasteiger partial charge in [-0.15, -0.1) is 0 Å². The number of halogens is 3. The van der Waals surface area contributed by atoms with E-state index < -0.39 is 40.2 Å². The lowest BCUT2D eigenvalue weighted by atomic mass is 10.0. The zero-order valence-electron chi connectivity index (χ0n) is 26.9. The van der Waals surface area contributed by atoms with Crippen molar-refractivity contribution >= 4 is 50.7 Å². The third kappa shape index (κ3) is 9.71. The quantitative estimate of drug-likeness (QED) is 0.141. The molecule has 48 heavy (non-hydrogen) atoms. The molecule has 1 atom stereocenters. The SMILES string of the molecule is CCOc1ccc(S(=O)(=O)N(CC(=O)N(Cc2ccc(Cl)c(Cl)c2)[C@H](Cc2ccccc2)C(=O)NCC(C)C)c2ccc(F)cc2)cc1. The molecule has 0 bridgehead atoms. The van der Waals surface area contributed by atoms with E-state index in [0.29, 0.717) is 29.5 Å². The molecule has 0 aliphatic rings. The number of benzene rings is 4. The number of carbonyl (C=O) groups is 2. The van der Waals surface area contributed by atoms with Crippen molar-refractivity contribution in [1.29, 1.82) is 0 Å². The van der Waals surface area contributed by atoms with Crippen molar-refractivity contribution in [3.63, 3.8) is 0 Å². The molecule has 8 nitrogen and oxygen atoms in total. The molecule has 4 rings (SSSR count). The maximum absolute atomic E-state index is 14.5. The number of carbonyl (C=O) groups excluding carboxylic acids is 2. The van der Waals surface area contributed by atoms with Gasteiger partial charge in [0.25, 0.3) is 10.0 Å². The predicted octanol–water partition coefficient (Wildman–Crippen LogP) is 7.14. The normalized spacial score (nSPS) is 12.0. The van der Waals surface area contributed by atoms with E-state index >= 15 is 0 Å². The van der Waals surface area contributed by atoms with E-state index in [2.05, 4.69) is 5.32 Å². The van der Waals surface area contributed by atoms with Gasteiger partial charge >= 0.3 is 0 Å². The molecular formula is C36H38Cl2FN3O5S. The summed E-state index contributed by atoms with van der Waals surface area (Å²) in [5.41, 5.74) is 1.44. The fraction of sp³-hybridized carbons (Fsp3) is 0.278. The van der Waals surface area contributed by atoms with Crippen LogP contribution in [0.3, 0.4) is 0 Å². The summed E-state index contributed by atoms with van der Waals surface area (Å²) in [5, 5.41) is 3.52. The highest BCUT2D eigenvalue weighted by molar-refractivity contribution is 7.92. The molecule has 4 aromatic rings. The van der Waals surface area contributed by atoms with Crippen molar-refractivity contribution in [3.8, 4) is 5.75 Å². The van der Waals surface area contributed by atoms with Crippen LogP contribution in [-0.4, -0.2) is 50.9 Å². The Morgan fingerprint density at radius 3 is 2.15 bits per heavy atom. The second-order valence-electron chi connectivity index (χ2n) is 11.5. The second-order valence-corrected chi connectivity index (χ2v) is 14.2. The van der Waals surface area contributed by atoms with Crippen LogP contribution < -0.4 is 14.4 Å². The van der Waals surface area contributed by atoms with Gasteiger partial charge in [0.1, 0.15) is 24.2 Å². The maximum Gasteiger partial charge on any atom is 0.264 e. The highest BCUT2D eigenvalue weighted by atomic mass is 35.5. The van der Waals surface area contributed by atoms with Crippen LogP contribution in [-0.2, 0) is 32.6 Å². The summed E-state index contributed by atoms with van der Waals surface area (Å²) in [6, 6.07) is 23.7. The molecule has 0 spiro atoms. The summed E-state index contributed by atoms with van der Waals surface area (Å²) < 4.78 is 48.7. The average molecular weight is 715 g/mol. The van der Waals surface area contributed by atoms with Crippen molar-refractivity contribution < 1.29 is 27.1 Å². The van der Waals surface area contributed by atoms with Crippen LogP contribution in [0.25, 0.3) is 0 Å². The minimum absolute atomic E-state index is 0.0667. The minimum Gasteiger partial charge on any atom is -0.494 e. The topological polar surface area (TPSA) is 96.0 Å². The Morgan fingerprint density at radius 2 is 1.54 bits per heavy atom. The van der Waals surface area contributed by atoms with Gasteiger partial charge in [-0.1, -0.05) is 73.4 Å². The Kier molecular flexibility index (Phi) is 12.9. The summed E-state index contributed by atoms with van der Waals surface area (Å²) in [6.07, 6.45) is 0.153. The summed E-state index contributed by atoms with van der Waals surface area (Å²) in [5.74, 6) is -1.03. The number of hydrogen-bond acceptors (Lipinski definition) is 5. The predicted molar refractivity (Wildman–Crippen MR) is 187 cm³/mol. The van der Waals surface area contributed by atoms with Crippen molar-refractivity contribution in [1.82, 2.24) is 10.2 Å². The van der Waals surface area contributed by atoms with E-state index in [4.69, 9.17) is 27.9 Å². The third-order valence-corrected chi connectivity index (χ3v) is 9.94. The molecule has 4 aromatic carbocycles. The molecule has 12 heteroatoms. The number of rotatable bonds is 15. The van der Waals surface area contributed by atoms with Crippen LogP contribution in [0.1, 0.15) is 31.9 Å². The third-order valence-electron chi connectivity index (χ3n) is 7.41. The molecule has 0 aliphatic carbocycles. The first kappa shape index (κ1) is 36.7. The van der Waals surface area contributed by atoms with Crippen LogP contribution in [0.15, 0.2) is 102 Å². The molecule has 0 aliphatic heterocycles. The molecule has 0 fully saturated rings. The van der Waals surface area contributed by atoms with Crippen LogP contribution >= 0.6 is 23.2 Å². The number of ether oxygens (including phenoxy) is 1. The standard InChI is InChI=1S/C36H38Cl2FN3O5S/c1-4-47-30-15-17-31(18-16-30)48(45,46)42(29-13-11-28(39)12-14-29)24-35(43)41(23-27-10-19-32(37)33(38)20-27)34(36(44)40-22-25(2)3)21-26-8-6-5-7-9-26/h5-20,25,34H,4,21-24H2,1-3H3,(H,40,44)/t34-/m1/s1. The largest absolute Gasteiger partial charge is 0.494 e. The molecule has 0 aromatic heterocycles. The number of hydrogen-bond donors (Lipinski definition) is 1. The van der Waals surface area contributed by atoms with E-state index in [0.717, 1.165) is 22.0 Å². The van der Waals surface area contributed by atoms with Gasteiger partial charge in [0.15, 0.2) is 0 Å². The molecule has 0 saturated heterocycles. The van der Waals surface area contributed by atoms with Gasteiger partial charge < -0.3 is 15.0 Å². The van der Waals surface area contributed by atoms with Crippen molar-refractivity contribution in [3.05, 3.63) is 124 Å².